The fourth-order valence-corrected chi connectivity index (χ4v) is 8.59. The van der Waals surface area contributed by atoms with Crippen molar-refractivity contribution in [1.29, 1.82) is 5.41 Å². The second kappa shape index (κ2) is 16.1. The van der Waals surface area contributed by atoms with E-state index >= 15 is 0 Å². The Kier molecular flexibility index (Phi) is 9.60. The summed E-state index contributed by atoms with van der Waals surface area (Å²) < 4.78 is 2.32. The maximum Gasteiger partial charge on any atom is 0.164 e. The summed E-state index contributed by atoms with van der Waals surface area (Å²) in [4.78, 5) is 15.1. The average Bonchev–Trinajstić information content (AvgIpc) is 3.70. The Balaban J connectivity index is 0.958. The van der Waals surface area contributed by atoms with Crippen molar-refractivity contribution < 1.29 is 0 Å². The van der Waals surface area contributed by atoms with Crippen LogP contribution < -0.4 is 0 Å². The van der Waals surface area contributed by atoms with Gasteiger partial charge in [0.05, 0.1) is 16.7 Å². The molecule has 5 nitrogen and oxygen atoms in total. The molecule has 2 aromatic heterocycles. The van der Waals surface area contributed by atoms with Crippen molar-refractivity contribution in [2.45, 2.75) is 0 Å². The summed E-state index contributed by atoms with van der Waals surface area (Å²) in [6, 6.07) is 77.5. The molecule has 0 saturated heterocycles. The van der Waals surface area contributed by atoms with Crippen molar-refractivity contribution in [3.05, 3.63) is 247 Å². The molecule has 11 aromatic rings. The van der Waals surface area contributed by atoms with Gasteiger partial charge in [-0.3, -0.25) is 0 Å². The molecule has 0 aliphatic carbocycles. The Morgan fingerprint density at radius 2 is 0.857 bits per heavy atom. The minimum absolute atomic E-state index is 0.464. The van der Waals surface area contributed by atoms with Crippen molar-refractivity contribution in [1.82, 2.24) is 19.5 Å². The van der Waals surface area contributed by atoms with Gasteiger partial charge in [0, 0.05) is 33.2 Å². The monoisotopic (exact) mass is 805 g/mol. The minimum atomic E-state index is 0.464. The van der Waals surface area contributed by atoms with Gasteiger partial charge in [-0.1, -0.05) is 182 Å². The van der Waals surface area contributed by atoms with E-state index in [-0.39, 0.29) is 0 Å². The molecule has 0 fully saturated rings. The molecule has 2 heterocycles. The van der Waals surface area contributed by atoms with Gasteiger partial charge in [0.25, 0.3) is 0 Å². The summed E-state index contributed by atoms with van der Waals surface area (Å²) >= 11 is 0. The topological polar surface area (TPSA) is 67.5 Å². The first kappa shape index (κ1) is 37.5. The number of fused-ring (bicyclic) bond motifs is 4. The van der Waals surface area contributed by atoms with E-state index in [0.717, 1.165) is 66.5 Å². The average molecular weight is 806 g/mol. The highest BCUT2D eigenvalue weighted by atomic mass is 15.0. The number of nitrogens with zero attached hydrogens (tertiary/aromatic N) is 4. The fraction of sp³-hybridized carbons (Fsp3) is 0. The first-order chi connectivity index (χ1) is 31.1. The Bertz CT molecular complexity index is 3430. The molecular formula is C58H39N5. The zero-order chi connectivity index (χ0) is 42.1. The van der Waals surface area contributed by atoms with Crippen LogP contribution in [0.1, 0.15) is 16.7 Å². The second-order valence-corrected chi connectivity index (χ2v) is 15.6. The smallest absolute Gasteiger partial charge is 0.164 e. The van der Waals surface area contributed by atoms with Crippen LogP contribution in [0.15, 0.2) is 231 Å². The third-order valence-electron chi connectivity index (χ3n) is 11.7. The quantitative estimate of drug-likeness (QED) is 0.148. The largest absolute Gasteiger partial charge is 0.309 e. The van der Waals surface area contributed by atoms with E-state index in [1.807, 2.05) is 72.8 Å². The van der Waals surface area contributed by atoms with Gasteiger partial charge < -0.3 is 9.98 Å². The molecule has 0 saturated carbocycles. The number of hydrogen-bond donors (Lipinski definition) is 1. The lowest BCUT2D eigenvalue weighted by Crippen LogP contribution is -2.00. The van der Waals surface area contributed by atoms with Crippen molar-refractivity contribution in [3.63, 3.8) is 0 Å². The molecular weight excluding hydrogens is 767 g/mol. The van der Waals surface area contributed by atoms with Crippen LogP contribution in [0.2, 0.25) is 0 Å². The molecule has 0 spiro atoms. The van der Waals surface area contributed by atoms with Gasteiger partial charge in [-0.25, -0.2) is 15.0 Å². The Labute approximate surface area is 365 Å². The maximum atomic E-state index is 9.05. The number of benzene rings is 9. The maximum absolute atomic E-state index is 9.05. The molecule has 0 radical (unpaired) electrons. The molecule has 0 bridgehead atoms. The summed E-state index contributed by atoms with van der Waals surface area (Å²) in [5.41, 5.74) is 12.8. The fourth-order valence-electron chi connectivity index (χ4n) is 8.59. The van der Waals surface area contributed by atoms with Crippen molar-refractivity contribution in [3.8, 4) is 51.0 Å². The number of rotatable bonds is 9. The van der Waals surface area contributed by atoms with Crippen LogP contribution in [0.3, 0.4) is 0 Å². The van der Waals surface area contributed by atoms with Crippen LogP contribution >= 0.6 is 0 Å². The van der Waals surface area contributed by atoms with Crippen LogP contribution in [-0.4, -0.2) is 25.2 Å². The highest BCUT2D eigenvalue weighted by Gasteiger charge is 2.16. The van der Waals surface area contributed by atoms with E-state index in [4.69, 9.17) is 20.4 Å². The van der Waals surface area contributed by atoms with Gasteiger partial charge in [0.2, 0.25) is 0 Å². The second-order valence-electron chi connectivity index (χ2n) is 15.6. The number of allylic oxidation sites excluding steroid dienone is 1. The molecule has 9 aromatic carbocycles. The molecule has 63 heavy (non-hydrogen) atoms. The van der Waals surface area contributed by atoms with Crippen molar-refractivity contribution in [2.75, 3.05) is 0 Å². The van der Waals surface area contributed by atoms with Gasteiger partial charge in [0.1, 0.15) is 0 Å². The highest BCUT2D eigenvalue weighted by molar-refractivity contribution is 6.14. The van der Waals surface area contributed by atoms with Gasteiger partial charge in [0.15, 0.2) is 17.5 Å². The summed E-state index contributed by atoms with van der Waals surface area (Å²) in [6.07, 6.45) is 1.99. The third kappa shape index (κ3) is 7.18. The lowest BCUT2D eigenvalue weighted by atomic mass is 9.90. The van der Waals surface area contributed by atoms with E-state index in [1.54, 1.807) is 0 Å². The molecule has 0 amide bonds. The van der Waals surface area contributed by atoms with E-state index in [0.29, 0.717) is 23.2 Å². The molecule has 296 valence electrons. The van der Waals surface area contributed by atoms with Crippen molar-refractivity contribution >= 4 is 43.9 Å². The van der Waals surface area contributed by atoms with Crippen LogP contribution in [0.25, 0.3) is 89.1 Å². The third-order valence-corrected chi connectivity index (χ3v) is 11.7. The van der Waals surface area contributed by atoms with Crippen molar-refractivity contribution in [2.24, 2.45) is 0 Å². The molecule has 0 aliphatic heterocycles. The van der Waals surface area contributed by atoms with E-state index in [1.165, 1.54) is 21.8 Å². The molecule has 5 heteroatoms. The van der Waals surface area contributed by atoms with E-state index in [2.05, 4.69) is 162 Å². The Morgan fingerprint density at radius 1 is 0.381 bits per heavy atom. The SMILES string of the molecule is N=C(/C=C(/c1ccccc1)c1cccc2ccc(-c3ccc(-c4nc(-c5ccccc5)nc(-c5ccc(-n6c7ccccc7c7ccccc76)cc5)n4)cc3)cc12)c1ccccc1. The Morgan fingerprint density at radius 3 is 1.46 bits per heavy atom. The van der Waals surface area contributed by atoms with Gasteiger partial charge in [-0.05, 0) is 92.7 Å². The van der Waals surface area contributed by atoms with Gasteiger partial charge in [-0.15, -0.1) is 0 Å². The molecule has 0 unspecified atom stereocenters. The van der Waals surface area contributed by atoms with Gasteiger partial charge >= 0.3 is 0 Å². The minimum Gasteiger partial charge on any atom is -0.309 e. The molecule has 0 aliphatic rings. The predicted octanol–water partition coefficient (Wildman–Crippen LogP) is 14.3. The van der Waals surface area contributed by atoms with E-state index < -0.39 is 0 Å². The summed E-state index contributed by atoms with van der Waals surface area (Å²) in [6.45, 7) is 0. The predicted molar refractivity (Wildman–Crippen MR) is 260 cm³/mol. The first-order valence-electron chi connectivity index (χ1n) is 21.1. The van der Waals surface area contributed by atoms with Gasteiger partial charge in [-0.2, -0.15) is 0 Å². The zero-order valence-corrected chi connectivity index (χ0v) is 34.2. The Hall–Kier alpha value is -8.54. The highest BCUT2D eigenvalue weighted by Crippen LogP contribution is 2.36. The molecule has 1 N–H and O–H groups in total. The van der Waals surface area contributed by atoms with Crippen LogP contribution in [0.4, 0.5) is 0 Å². The lowest BCUT2D eigenvalue weighted by Gasteiger charge is -2.14. The first-order valence-corrected chi connectivity index (χ1v) is 21.1. The zero-order valence-electron chi connectivity index (χ0n) is 34.2. The van der Waals surface area contributed by atoms with E-state index in [9.17, 15) is 0 Å². The number of hydrogen-bond acceptors (Lipinski definition) is 4. The standard InChI is InChI=1S/C58H39N5/c59-53(42-17-6-2-7-18-42)38-52(40-15-4-1-5-16-40)48-24-14-21-41-29-32-46(37-51(41)48)39-27-30-44(31-28-39)57-60-56(43-19-8-3-9-20-43)61-58(62-57)45-33-35-47(36-34-45)63-54-25-12-10-22-49(54)50-23-11-13-26-55(50)63/h1-38,59H/b52-38-,59-53?. The summed E-state index contributed by atoms with van der Waals surface area (Å²) in [7, 11) is 0. The summed E-state index contributed by atoms with van der Waals surface area (Å²) in [5.74, 6) is 1.84. The molecule has 0 atom stereocenters. The summed E-state index contributed by atoms with van der Waals surface area (Å²) in [5, 5.41) is 13.8. The van der Waals surface area contributed by atoms with Crippen LogP contribution in [0, 0.1) is 5.41 Å². The normalized spacial score (nSPS) is 11.7. The number of para-hydroxylation sites is 2. The lowest BCUT2D eigenvalue weighted by molar-refractivity contribution is 1.07. The van der Waals surface area contributed by atoms with Crippen LogP contribution in [0.5, 0.6) is 0 Å². The number of nitrogens with one attached hydrogen (secondary N) is 1. The molecule has 11 rings (SSSR count). The van der Waals surface area contributed by atoms with Crippen LogP contribution in [-0.2, 0) is 0 Å². The number of aromatic nitrogens is 4.